The first-order valence-corrected chi connectivity index (χ1v) is 6.99. The number of carbonyl (C=O) groups excluding carboxylic acids is 1. The highest BCUT2D eigenvalue weighted by atomic mass is 16.1. The van der Waals surface area contributed by atoms with Gasteiger partial charge in [-0.3, -0.25) is 4.79 Å². The first-order chi connectivity index (χ1) is 10.1. The van der Waals surface area contributed by atoms with E-state index in [9.17, 15) is 4.79 Å². The van der Waals surface area contributed by atoms with E-state index < -0.39 is 0 Å². The van der Waals surface area contributed by atoms with Gasteiger partial charge in [0.15, 0.2) is 5.78 Å². The van der Waals surface area contributed by atoms with E-state index in [-0.39, 0.29) is 5.78 Å². The SMILES string of the molecule is CC(=O)c1c(C)c2ccc3ncnc4ccc(c1C)c2c34. The minimum absolute atomic E-state index is 0.117. The van der Waals surface area contributed by atoms with Crippen molar-refractivity contribution in [3.05, 3.63) is 47.3 Å². The van der Waals surface area contributed by atoms with Crippen LogP contribution in [0.25, 0.3) is 32.6 Å². The van der Waals surface area contributed by atoms with Gasteiger partial charge in [0.25, 0.3) is 0 Å². The highest BCUT2D eigenvalue weighted by Gasteiger charge is 2.18. The number of ketones is 1. The largest absolute Gasteiger partial charge is 0.294 e. The summed E-state index contributed by atoms with van der Waals surface area (Å²) in [6, 6.07) is 8.16. The molecule has 0 bridgehead atoms. The normalized spacial score (nSPS) is 11.8. The quantitative estimate of drug-likeness (QED) is 0.386. The molecule has 0 unspecified atom stereocenters. The van der Waals surface area contributed by atoms with Gasteiger partial charge in [-0.15, -0.1) is 0 Å². The molecule has 0 saturated heterocycles. The van der Waals surface area contributed by atoms with Gasteiger partial charge >= 0.3 is 0 Å². The van der Waals surface area contributed by atoms with E-state index in [2.05, 4.69) is 22.1 Å². The van der Waals surface area contributed by atoms with Crippen LogP contribution in [0.1, 0.15) is 28.4 Å². The molecule has 0 aliphatic heterocycles. The van der Waals surface area contributed by atoms with Gasteiger partial charge in [-0.25, -0.2) is 9.97 Å². The second kappa shape index (κ2) is 3.98. The van der Waals surface area contributed by atoms with Crippen LogP contribution in [0.5, 0.6) is 0 Å². The standard InChI is InChI=1S/C18H14N2O/c1-9-12-4-6-14-18-15(20-8-19-14)7-5-13(17(12)18)10(2)16(9)11(3)21/h4-8H,1-3H3. The van der Waals surface area contributed by atoms with Crippen molar-refractivity contribution in [3.8, 4) is 0 Å². The molecule has 1 aromatic heterocycles. The van der Waals surface area contributed by atoms with Gasteiger partial charge in [-0.05, 0) is 54.8 Å². The third kappa shape index (κ3) is 1.46. The van der Waals surface area contributed by atoms with E-state index in [4.69, 9.17) is 0 Å². The first-order valence-electron chi connectivity index (χ1n) is 6.99. The van der Waals surface area contributed by atoms with Crippen molar-refractivity contribution < 1.29 is 4.79 Å². The molecule has 0 amide bonds. The molecular weight excluding hydrogens is 260 g/mol. The lowest BCUT2D eigenvalue weighted by molar-refractivity contribution is 0.101. The van der Waals surface area contributed by atoms with Crippen molar-refractivity contribution in [1.29, 1.82) is 0 Å². The summed E-state index contributed by atoms with van der Waals surface area (Å²) in [6.45, 7) is 5.68. The van der Waals surface area contributed by atoms with Crippen LogP contribution >= 0.6 is 0 Å². The lowest BCUT2D eigenvalue weighted by Crippen LogP contribution is -2.03. The molecule has 0 radical (unpaired) electrons. The molecular formula is C18H14N2O. The fourth-order valence-corrected chi connectivity index (χ4v) is 3.53. The molecule has 0 saturated carbocycles. The monoisotopic (exact) mass is 274 g/mol. The Kier molecular flexibility index (Phi) is 2.31. The molecule has 0 aliphatic rings. The van der Waals surface area contributed by atoms with Gasteiger partial charge in [0.1, 0.15) is 6.33 Å². The third-order valence-corrected chi connectivity index (χ3v) is 4.42. The molecule has 3 heteroatoms. The highest BCUT2D eigenvalue weighted by Crippen LogP contribution is 2.38. The number of hydrogen-bond donors (Lipinski definition) is 0. The van der Waals surface area contributed by atoms with Gasteiger partial charge in [-0.1, -0.05) is 12.1 Å². The number of hydrogen-bond acceptors (Lipinski definition) is 3. The number of rotatable bonds is 1. The molecule has 102 valence electrons. The van der Waals surface area contributed by atoms with Crippen LogP contribution < -0.4 is 0 Å². The van der Waals surface area contributed by atoms with Gasteiger partial charge in [0.2, 0.25) is 0 Å². The predicted octanol–water partition coefficient (Wildman–Crippen LogP) is 4.19. The van der Waals surface area contributed by atoms with Crippen molar-refractivity contribution in [3.63, 3.8) is 0 Å². The molecule has 1 heterocycles. The summed E-state index contributed by atoms with van der Waals surface area (Å²) in [5.74, 6) is 0.117. The number of nitrogens with zero attached hydrogens (tertiary/aromatic N) is 2. The smallest absolute Gasteiger partial charge is 0.160 e. The van der Waals surface area contributed by atoms with Crippen molar-refractivity contribution in [1.82, 2.24) is 9.97 Å². The van der Waals surface area contributed by atoms with Crippen LogP contribution in [0.15, 0.2) is 30.6 Å². The fraction of sp³-hybridized carbons (Fsp3) is 0.167. The Morgan fingerprint density at radius 3 is 1.86 bits per heavy atom. The predicted molar refractivity (Wildman–Crippen MR) is 85.2 cm³/mol. The average molecular weight is 274 g/mol. The molecule has 4 rings (SSSR count). The van der Waals surface area contributed by atoms with Crippen LogP contribution in [0.2, 0.25) is 0 Å². The van der Waals surface area contributed by atoms with E-state index in [1.54, 1.807) is 13.3 Å². The fourth-order valence-electron chi connectivity index (χ4n) is 3.53. The van der Waals surface area contributed by atoms with Crippen molar-refractivity contribution >= 4 is 38.4 Å². The number of aryl methyl sites for hydroxylation is 2. The Labute approximate surface area is 122 Å². The van der Waals surface area contributed by atoms with Gasteiger partial charge < -0.3 is 0 Å². The molecule has 4 aromatic rings. The zero-order chi connectivity index (χ0) is 14.7. The minimum Gasteiger partial charge on any atom is -0.294 e. The second-order valence-electron chi connectivity index (χ2n) is 5.57. The van der Waals surface area contributed by atoms with Crippen molar-refractivity contribution in [2.45, 2.75) is 20.8 Å². The number of benzene rings is 3. The summed E-state index contributed by atoms with van der Waals surface area (Å²) < 4.78 is 0. The molecule has 3 aromatic carbocycles. The number of carbonyl (C=O) groups is 1. The van der Waals surface area contributed by atoms with E-state index in [0.717, 1.165) is 43.9 Å². The van der Waals surface area contributed by atoms with Crippen LogP contribution in [-0.2, 0) is 0 Å². The Balaban J connectivity index is 2.40. The van der Waals surface area contributed by atoms with Gasteiger partial charge in [0, 0.05) is 16.3 Å². The highest BCUT2D eigenvalue weighted by molar-refractivity contribution is 6.24. The van der Waals surface area contributed by atoms with E-state index in [1.165, 1.54) is 5.39 Å². The van der Waals surface area contributed by atoms with Crippen LogP contribution in [0.3, 0.4) is 0 Å². The van der Waals surface area contributed by atoms with Gasteiger partial charge in [0.05, 0.1) is 11.0 Å². The van der Waals surface area contributed by atoms with Crippen LogP contribution in [0, 0.1) is 13.8 Å². The zero-order valence-electron chi connectivity index (χ0n) is 12.2. The Morgan fingerprint density at radius 1 is 0.857 bits per heavy atom. The summed E-state index contributed by atoms with van der Waals surface area (Å²) in [5.41, 5.74) is 4.83. The maximum atomic E-state index is 12.0. The zero-order valence-corrected chi connectivity index (χ0v) is 12.2. The Hall–Kier alpha value is -2.55. The van der Waals surface area contributed by atoms with E-state index >= 15 is 0 Å². The van der Waals surface area contributed by atoms with Crippen molar-refractivity contribution in [2.75, 3.05) is 0 Å². The van der Waals surface area contributed by atoms with Crippen molar-refractivity contribution in [2.24, 2.45) is 0 Å². The Bertz CT molecular complexity index is 964. The molecule has 3 nitrogen and oxygen atoms in total. The summed E-state index contributed by atoms with van der Waals surface area (Å²) in [7, 11) is 0. The number of Topliss-reactive ketones (excluding diaryl/α,β-unsaturated/α-hetero) is 1. The molecule has 0 aliphatic carbocycles. The molecule has 0 fully saturated rings. The molecule has 0 spiro atoms. The summed E-state index contributed by atoms with van der Waals surface area (Å²) in [4.78, 5) is 20.8. The molecule has 0 N–H and O–H groups in total. The lowest BCUT2D eigenvalue weighted by Gasteiger charge is -2.16. The first kappa shape index (κ1) is 12.2. The van der Waals surface area contributed by atoms with E-state index in [0.29, 0.717) is 0 Å². The van der Waals surface area contributed by atoms with Gasteiger partial charge in [-0.2, -0.15) is 0 Å². The molecule has 0 atom stereocenters. The maximum absolute atomic E-state index is 12.0. The maximum Gasteiger partial charge on any atom is 0.160 e. The minimum atomic E-state index is 0.117. The van der Waals surface area contributed by atoms with Crippen LogP contribution in [-0.4, -0.2) is 15.8 Å². The van der Waals surface area contributed by atoms with E-state index in [1.807, 2.05) is 26.0 Å². The summed E-state index contributed by atoms with van der Waals surface area (Å²) >= 11 is 0. The molecule has 21 heavy (non-hydrogen) atoms. The average Bonchev–Trinajstić information content (AvgIpc) is 2.47. The van der Waals surface area contributed by atoms with Crippen LogP contribution in [0.4, 0.5) is 0 Å². The topological polar surface area (TPSA) is 42.9 Å². The second-order valence-corrected chi connectivity index (χ2v) is 5.57. The summed E-state index contributed by atoms with van der Waals surface area (Å²) in [6.07, 6.45) is 1.60. The summed E-state index contributed by atoms with van der Waals surface area (Å²) in [5, 5.41) is 4.50. The third-order valence-electron chi connectivity index (χ3n) is 4.42. The number of aromatic nitrogens is 2. The Morgan fingerprint density at radius 2 is 1.38 bits per heavy atom. The lowest BCUT2D eigenvalue weighted by atomic mass is 9.87.